The minimum absolute atomic E-state index is 0.0819. The summed E-state index contributed by atoms with van der Waals surface area (Å²) in [6.45, 7) is 0.414. The summed E-state index contributed by atoms with van der Waals surface area (Å²) in [6, 6.07) is 7.41. The molecule has 5 nitrogen and oxygen atoms in total. The number of hydrogen-bond acceptors (Lipinski definition) is 4. The highest BCUT2D eigenvalue weighted by Crippen LogP contribution is 2.11. The second-order valence-electron chi connectivity index (χ2n) is 4.13. The summed E-state index contributed by atoms with van der Waals surface area (Å²) in [6.07, 6.45) is 5.23. The summed E-state index contributed by atoms with van der Waals surface area (Å²) in [5.41, 5.74) is 1.60. The summed E-state index contributed by atoms with van der Waals surface area (Å²) in [5.74, 6) is 0.643. The second kappa shape index (κ2) is 5.66. The Labute approximate surface area is 119 Å². The van der Waals surface area contributed by atoms with Gasteiger partial charge in [-0.2, -0.15) is 16.4 Å². The SMILES string of the molecule is O=C(NCc1cccnc1-n1cccn1)c1ccsc1. The van der Waals surface area contributed by atoms with Gasteiger partial charge in [0.1, 0.15) is 0 Å². The van der Waals surface area contributed by atoms with Crippen molar-refractivity contribution in [3.8, 4) is 5.82 Å². The minimum Gasteiger partial charge on any atom is -0.348 e. The van der Waals surface area contributed by atoms with E-state index in [0.717, 1.165) is 11.4 Å². The van der Waals surface area contributed by atoms with Gasteiger partial charge >= 0.3 is 0 Å². The van der Waals surface area contributed by atoms with Gasteiger partial charge in [-0.05, 0) is 23.6 Å². The third-order valence-corrected chi connectivity index (χ3v) is 3.49. The number of pyridine rings is 1. The Morgan fingerprint density at radius 2 is 2.25 bits per heavy atom. The van der Waals surface area contributed by atoms with Gasteiger partial charge in [0.05, 0.1) is 0 Å². The first-order chi connectivity index (χ1) is 9.84. The molecule has 20 heavy (non-hydrogen) atoms. The first-order valence-corrected chi connectivity index (χ1v) is 7.03. The van der Waals surface area contributed by atoms with E-state index in [1.807, 2.05) is 35.2 Å². The van der Waals surface area contributed by atoms with Gasteiger partial charge in [0, 0.05) is 41.6 Å². The van der Waals surface area contributed by atoms with Crippen LogP contribution in [0.1, 0.15) is 15.9 Å². The van der Waals surface area contributed by atoms with Gasteiger partial charge in [0.2, 0.25) is 0 Å². The molecule has 0 aliphatic carbocycles. The third kappa shape index (κ3) is 2.60. The summed E-state index contributed by atoms with van der Waals surface area (Å²) < 4.78 is 1.69. The van der Waals surface area contributed by atoms with Gasteiger partial charge in [0.15, 0.2) is 5.82 Å². The molecule has 3 heterocycles. The fourth-order valence-electron chi connectivity index (χ4n) is 1.84. The number of carbonyl (C=O) groups is 1. The molecule has 0 bridgehead atoms. The zero-order valence-electron chi connectivity index (χ0n) is 10.6. The molecule has 0 aliphatic rings. The Kier molecular flexibility index (Phi) is 3.56. The lowest BCUT2D eigenvalue weighted by atomic mass is 10.2. The van der Waals surface area contributed by atoms with Gasteiger partial charge in [-0.1, -0.05) is 6.07 Å². The van der Waals surface area contributed by atoms with Crippen molar-refractivity contribution in [2.45, 2.75) is 6.54 Å². The van der Waals surface area contributed by atoms with Crippen molar-refractivity contribution in [3.05, 3.63) is 64.7 Å². The van der Waals surface area contributed by atoms with Crippen LogP contribution in [0.3, 0.4) is 0 Å². The standard InChI is InChI=1S/C14H12N4OS/c19-14(12-4-8-20-10-12)16-9-11-3-1-5-15-13(11)18-7-2-6-17-18/h1-8,10H,9H2,(H,16,19). The maximum Gasteiger partial charge on any atom is 0.252 e. The van der Waals surface area contributed by atoms with E-state index in [1.54, 1.807) is 23.1 Å². The van der Waals surface area contributed by atoms with E-state index in [0.29, 0.717) is 12.1 Å². The van der Waals surface area contributed by atoms with E-state index in [-0.39, 0.29) is 5.91 Å². The molecule has 1 N–H and O–H groups in total. The van der Waals surface area contributed by atoms with E-state index in [1.165, 1.54) is 11.3 Å². The Hall–Kier alpha value is -2.47. The molecule has 0 spiro atoms. The average molecular weight is 284 g/mol. The van der Waals surface area contributed by atoms with Crippen LogP contribution in [0.2, 0.25) is 0 Å². The molecule has 1 amide bonds. The predicted molar refractivity (Wildman–Crippen MR) is 76.8 cm³/mol. The van der Waals surface area contributed by atoms with Gasteiger partial charge in [-0.15, -0.1) is 0 Å². The smallest absolute Gasteiger partial charge is 0.252 e. The predicted octanol–water partition coefficient (Wildman–Crippen LogP) is 2.26. The molecular weight excluding hydrogens is 272 g/mol. The fraction of sp³-hybridized carbons (Fsp3) is 0.0714. The number of rotatable bonds is 4. The van der Waals surface area contributed by atoms with E-state index < -0.39 is 0 Å². The van der Waals surface area contributed by atoms with E-state index in [9.17, 15) is 4.79 Å². The molecule has 0 unspecified atom stereocenters. The van der Waals surface area contributed by atoms with Gasteiger partial charge in [-0.3, -0.25) is 4.79 Å². The molecule has 3 aromatic rings. The van der Waals surface area contributed by atoms with E-state index >= 15 is 0 Å². The summed E-state index contributed by atoms with van der Waals surface area (Å²) in [7, 11) is 0. The maximum atomic E-state index is 11.9. The normalized spacial score (nSPS) is 10.4. The van der Waals surface area contributed by atoms with Gasteiger partial charge < -0.3 is 5.32 Å². The highest BCUT2D eigenvalue weighted by atomic mass is 32.1. The quantitative estimate of drug-likeness (QED) is 0.799. The van der Waals surface area contributed by atoms with Crippen LogP contribution in [0, 0.1) is 0 Å². The number of nitrogens with one attached hydrogen (secondary N) is 1. The first-order valence-electron chi connectivity index (χ1n) is 6.09. The van der Waals surface area contributed by atoms with Gasteiger partial charge in [0.25, 0.3) is 5.91 Å². The van der Waals surface area contributed by atoms with E-state index in [4.69, 9.17) is 0 Å². The van der Waals surface area contributed by atoms with Crippen LogP contribution >= 0.6 is 11.3 Å². The number of amides is 1. The third-order valence-electron chi connectivity index (χ3n) is 2.81. The maximum absolute atomic E-state index is 11.9. The molecule has 0 aromatic carbocycles. The number of aromatic nitrogens is 3. The minimum atomic E-state index is -0.0819. The van der Waals surface area contributed by atoms with Crippen molar-refractivity contribution in [1.82, 2.24) is 20.1 Å². The van der Waals surface area contributed by atoms with Crippen molar-refractivity contribution in [3.63, 3.8) is 0 Å². The first kappa shape index (κ1) is 12.6. The van der Waals surface area contributed by atoms with Crippen molar-refractivity contribution in [2.75, 3.05) is 0 Å². The number of hydrogen-bond donors (Lipinski definition) is 1. The van der Waals surface area contributed by atoms with Crippen LogP contribution in [0.15, 0.2) is 53.6 Å². The molecule has 0 aliphatic heterocycles. The highest BCUT2D eigenvalue weighted by molar-refractivity contribution is 7.08. The largest absolute Gasteiger partial charge is 0.348 e. The van der Waals surface area contributed by atoms with Crippen molar-refractivity contribution < 1.29 is 4.79 Å². The molecule has 100 valence electrons. The van der Waals surface area contributed by atoms with Crippen LogP contribution in [-0.4, -0.2) is 20.7 Å². The molecule has 0 saturated heterocycles. The number of nitrogens with zero attached hydrogens (tertiary/aromatic N) is 3. The molecule has 0 atom stereocenters. The number of thiophene rings is 1. The summed E-state index contributed by atoms with van der Waals surface area (Å²) in [5, 5.41) is 10.8. The van der Waals surface area contributed by atoms with Crippen LogP contribution < -0.4 is 5.32 Å². The Morgan fingerprint density at radius 3 is 3.00 bits per heavy atom. The van der Waals surface area contributed by atoms with Crippen LogP contribution in [0.25, 0.3) is 5.82 Å². The molecule has 0 radical (unpaired) electrons. The van der Waals surface area contributed by atoms with Crippen molar-refractivity contribution >= 4 is 17.2 Å². The average Bonchev–Trinajstić information content (AvgIpc) is 3.17. The Morgan fingerprint density at radius 1 is 1.30 bits per heavy atom. The molecule has 0 saturated carbocycles. The highest BCUT2D eigenvalue weighted by Gasteiger charge is 2.09. The van der Waals surface area contributed by atoms with Crippen LogP contribution in [0.5, 0.6) is 0 Å². The van der Waals surface area contributed by atoms with E-state index in [2.05, 4.69) is 15.4 Å². The number of carbonyl (C=O) groups excluding carboxylic acids is 1. The lowest BCUT2D eigenvalue weighted by Crippen LogP contribution is -2.23. The Balaban J connectivity index is 1.77. The summed E-state index contributed by atoms with van der Waals surface area (Å²) in [4.78, 5) is 16.2. The van der Waals surface area contributed by atoms with Crippen molar-refractivity contribution in [2.24, 2.45) is 0 Å². The lowest BCUT2D eigenvalue weighted by Gasteiger charge is -2.09. The molecule has 0 fully saturated rings. The Bertz CT molecular complexity index is 692. The molecular formula is C14H12N4OS. The fourth-order valence-corrected chi connectivity index (χ4v) is 2.48. The van der Waals surface area contributed by atoms with Gasteiger partial charge in [-0.25, -0.2) is 9.67 Å². The molecule has 3 aromatic heterocycles. The monoisotopic (exact) mass is 284 g/mol. The zero-order chi connectivity index (χ0) is 13.8. The molecule has 3 rings (SSSR count). The van der Waals surface area contributed by atoms with Crippen molar-refractivity contribution in [1.29, 1.82) is 0 Å². The second-order valence-corrected chi connectivity index (χ2v) is 4.91. The lowest BCUT2D eigenvalue weighted by molar-refractivity contribution is 0.0951. The van der Waals surface area contributed by atoms with Crippen LogP contribution in [-0.2, 0) is 6.54 Å². The zero-order valence-corrected chi connectivity index (χ0v) is 11.4. The molecule has 6 heteroatoms. The van der Waals surface area contributed by atoms with Crippen LogP contribution in [0.4, 0.5) is 0 Å². The summed E-state index contributed by atoms with van der Waals surface area (Å²) >= 11 is 1.50. The topological polar surface area (TPSA) is 59.8 Å².